The number of likely N-dealkylation sites (tertiary alicyclic amines) is 1. The maximum absolute atomic E-state index is 14.0. The molecular formula is C26H29F3N4O. The molecule has 2 heterocycles. The Bertz CT molecular complexity index is 1070. The van der Waals surface area contributed by atoms with E-state index in [2.05, 4.69) is 10.4 Å². The molecule has 1 aromatic heterocycles. The standard InChI is InChI=1S/C26H29F3N4O/c1-32-18-21(17-31-32)24(34)30-19-25(22-10-6-3-7-11-22)12-14-33(15-13-25)23(26(27,28)29)16-20-8-4-2-5-9-20/h2-11,17-18,23H,12-16,19H2,1H3,(H,30,34). The van der Waals surface area contributed by atoms with Crippen LogP contribution >= 0.6 is 0 Å². The average molecular weight is 471 g/mol. The summed E-state index contributed by atoms with van der Waals surface area (Å²) in [7, 11) is 1.74. The lowest BCUT2D eigenvalue weighted by molar-refractivity contribution is -0.187. The molecule has 3 aromatic rings. The van der Waals surface area contributed by atoms with E-state index in [9.17, 15) is 18.0 Å². The Kier molecular flexibility index (Phi) is 7.07. The first-order valence-electron chi connectivity index (χ1n) is 11.4. The first-order chi connectivity index (χ1) is 16.3. The van der Waals surface area contributed by atoms with E-state index in [1.807, 2.05) is 30.3 Å². The van der Waals surface area contributed by atoms with Gasteiger partial charge in [-0.05, 0) is 43.5 Å². The second-order valence-corrected chi connectivity index (χ2v) is 9.01. The number of aromatic nitrogens is 2. The van der Waals surface area contributed by atoms with Gasteiger partial charge >= 0.3 is 6.18 Å². The molecule has 4 rings (SSSR count). The van der Waals surface area contributed by atoms with Crippen LogP contribution in [0.5, 0.6) is 0 Å². The monoisotopic (exact) mass is 470 g/mol. The lowest BCUT2D eigenvalue weighted by atomic mass is 9.72. The van der Waals surface area contributed by atoms with Crippen LogP contribution in [0.4, 0.5) is 13.2 Å². The number of alkyl halides is 3. The van der Waals surface area contributed by atoms with E-state index in [1.54, 1.807) is 53.2 Å². The predicted molar refractivity (Wildman–Crippen MR) is 124 cm³/mol. The summed E-state index contributed by atoms with van der Waals surface area (Å²) in [5, 5.41) is 7.04. The Labute approximate surface area is 197 Å². The van der Waals surface area contributed by atoms with Crippen molar-refractivity contribution < 1.29 is 18.0 Å². The van der Waals surface area contributed by atoms with Gasteiger partial charge in [-0.3, -0.25) is 14.4 Å². The topological polar surface area (TPSA) is 50.2 Å². The number of carbonyl (C=O) groups is 1. The molecule has 0 aliphatic carbocycles. The fraction of sp³-hybridized carbons (Fsp3) is 0.385. The van der Waals surface area contributed by atoms with Gasteiger partial charge < -0.3 is 5.32 Å². The number of benzene rings is 2. The highest BCUT2D eigenvalue weighted by Crippen LogP contribution is 2.38. The van der Waals surface area contributed by atoms with Crippen LogP contribution in [0.1, 0.15) is 34.3 Å². The van der Waals surface area contributed by atoms with E-state index in [-0.39, 0.29) is 12.3 Å². The molecule has 0 radical (unpaired) electrons. The number of rotatable bonds is 7. The van der Waals surface area contributed by atoms with Gasteiger partial charge in [0.2, 0.25) is 0 Å². The zero-order valence-electron chi connectivity index (χ0n) is 19.1. The summed E-state index contributed by atoms with van der Waals surface area (Å²) in [5.41, 5.74) is 1.74. The molecule has 1 aliphatic rings. The molecule has 0 bridgehead atoms. The van der Waals surface area contributed by atoms with Crippen LogP contribution in [-0.4, -0.2) is 52.4 Å². The fourth-order valence-electron chi connectivity index (χ4n) is 4.80. The van der Waals surface area contributed by atoms with Gasteiger partial charge in [-0.25, -0.2) is 0 Å². The van der Waals surface area contributed by atoms with Crippen LogP contribution < -0.4 is 5.32 Å². The molecule has 5 nitrogen and oxygen atoms in total. The van der Waals surface area contributed by atoms with Gasteiger partial charge in [-0.15, -0.1) is 0 Å². The van der Waals surface area contributed by atoms with Gasteiger partial charge in [0.05, 0.1) is 11.8 Å². The number of hydrogen-bond donors (Lipinski definition) is 1. The second-order valence-electron chi connectivity index (χ2n) is 9.01. The minimum atomic E-state index is -4.32. The van der Waals surface area contributed by atoms with Crippen molar-refractivity contribution in [3.05, 3.63) is 89.7 Å². The molecule has 1 N–H and O–H groups in total. The van der Waals surface area contributed by atoms with Crippen LogP contribution in [0, 0.1) is 0 Å². The second kappa shape index (κ2) is 10.0. The highest BCUT2D eigenvalue weighted by atomic mass is 19.4. The van der Waals surface area contributed by atoms with Crippen molar-refractivity contribution in [3.63, 3.8) is 0 Å². The van der Waals surface area contributed by atoms with Crippen molar-refractivity contribution in [2.45, 2.75) is 36.9 Å². The third kappa shape index (κ3) is 5.50. The number of halogens is 3. The number of hydrogen-bond acceptors (Lipinski definition) is 3. The number of amides is 1. The Morgan fingerprint density at radius 2 is 1.68 bits per heavy atom. The molecule has 0 saturated carbocycles. The lowest BCUT2D eigenvalue weighted by Gasteiger charge is -2.45. The van der Waals surface area contributed by atoms with Crippen molar-refractivity contribution in [1.82, 2.24) is 20.0 Å². The summed E-state index contributed by atoms with van der Waals surface area (Å²) in [5.74, 6) is -0.233. The van der Waals surface area contributed by atoms with E-state index >= 15 is 0 Å². The Morgan fingerprint density at radius 3 is 2.24 bits per heavy atom. The van der Waals surface area contributed by atoms with E-state index in [0.29, 0.717) is 43.6 Å². The maximum atomic E-state index is 14.0. The average Bonchev–Trinajstić information content (AvgIpc) is 3.28. The SMILES string of the molecule is Cn1cc(C(=O)NCC2(c3ccccc3)CCN(C(Cc3ccccc3)C(F)(F)F)CC2)cn1. The van der Waals surface area contributed by atoms with Gasteiger partial charge in [0, 0.05) is 25.2 Å². The minimum Gasteiger partial charge on any atom is -0.351 e. The molecule has 1 atom stereocenters. The molecule has 34 heavy (non-hydrogen) atoms. The quantitative estimate of drug-likeness (QED) is 0.558. The Morgan fingerprint density at radius 1 is 1.06 bits per heavy atom. The summed E-state index contributed by atoms with van der Waals surface area (Å²) in [6, 6.07) is 17.1. The predicted octanol–water partition coefficient (Wildman–Crippen LogP) is 4.36. The normalized spacial score (nSPS) is 17.3. The molecule has 1 saturated heterocycles. The van der Waals surface area contributed by atoms with E-state index in [4.69, 9.17) is 0 Å². The third-order valence-corrected chi connectivity index (χ3v) is 6.79. The largest absolute Gasteiger partial charge is 0.404 e. The molecule has 0 spiro atoms. The van der Waals surface area contributed by atoms with Gasteiger partial charge in [0.15, 0.2) is 0 Å². The van der Waals surface area contributed by atoms with Gasteiger partial charge in [0.1, 0.15) is 6.04 Å². The highest BCUT2D eigenvalue weighted by Gasteiger charge is 2.46. The number of carbonyl (C=O) groups excluding carboxylic acids is 1. The molecule has 1 fully saturated rings. The number of aryl methyl sites for hydroxylation is 1. The zero-order valence-corrected chi connectivity index (χ0v) is 19.1. The Hall–Kier alpha value is -3.13. The van der Waals surface area contributed by atoms with Crippen LogP contribution in [0.2, 0.25) is 0 Å². The summed E-state index contributed by atoms with van der Waals surface area (Å²) in [4.78, 5) is 14.2. The molecule has 1 amide bonds. The molecule has 1 aliphatic heterocycles. The van der Waals surface area contributed by atoms with Crippen LogP contribution in [0.15, 0.2) is 73.1 Å². The van der Waals surface area contributed by atoms with Crippen LogP contribution in [0.25, 0.3) is 0 Å². The van der Waals surface area contributed by atoms with Gasteiger partial charge in [-0.2, -0.15) is 18.3 Å². The maximum Gasteiger partial charge on any atom is 0.404 e. The zero-order chi connectivity index (χ0) is 24.2. The van der Waals surface area contributed by atoms with Crippen molar-refractivity contribution in [1.29, 1.82) is 0 Å². The summed E-state index contributed by atoms with van der Waals surface area (Å²) < 4.78 is 43.7. The van der Waals surface area contributed by atoms with Crippen LogP contribution in [-0.2, 0) is 18.9 Å². The first kappa shape index (κ1) is 24.0. The summed E-state index contributed by atoms with van der Waals surface area (Å²) in [6.45, 7) is 0.956. The summed E-state index contributed by atoms with van der Waals surface area (Å²) >= 11 is 0. The van der Waals surface area contributed by atoms with Gasteiger partial charge in [-0.1, -0.05) is 60.7 Å². The van der Waals surface area contributed by atoms with E-state index in [1.165, 1.54) is 6.20 Å². The van der Waals surface area contributed by atoms with Crippen molar-refractivity contribution in [2.24, 2.45) is 7.05 Å². The molecule has 8 heteroatoms. The number of nitrogens with one attached hydrogen (secondary N) is 1. The number of nitrogens with zero attached hydrogens (tertiary/aromatic N) is 3. The third-order valence-electron chi connectivity index (χ3n) is 6.79. The van der Waals surface area contributed by atoms with Crippen LogP contribution in [0.3, 0.4) is 0 Å². The summed E-state index contributed by atoms with van der Waals surface area (Å²) in [6.07, 6.45) is -0.204. The molecule has 1 unspecified atom stereocenters. The first-order valence-corrected chi connectivity index (χ1v) is 11.4. The highest BCUT2D eigenvalue weighted by molar-refractivity contribution is 5.93. The lowest BCUT2D eigenvalue weighted by Crippen LogP contribution is -2.55. The fourth-order valence-corrected chi connectivity index (χ4v) is 4.80. The van der Waals surface area contributed by atoms with E-state index < -0.39 is 17.6 Å². The Balaban J connectivity index is 1.51. The number of piperidine rings is 1. The van der Waals surface area contributed by atoms with Crippen molar-refractivity contribution in [2.75, 3.05) is 19.6 Å². The minimum absolute atomic E-state index is 0.0690. The molecule has 180 valence electrons. The molecular weight excluding hydrogens is 441 g/mol. The van der Waals surface area contributed by atoms with Gasteiger partial charge in [0.25, 0.3) is 5.91 Å². The van der Waals surface area contributed by atoms with E-state index in [0.717, 1.165) is 5.56 Å². The molecule has 2 aromatic carbocycles. The smallest absolute Gasteiger partial charge is 0.351 e. The van der Waals surface area contributed by atoms with Crippen molar-refractivity contribution >= 4 is 5.91 Å². The van der Waals surface area contributed by atoms with Crippen molar-refractivity contribution in [3.8, 4) is 0 Å².